The summed E-state index contributed by atoms with van der Waals surface area (Å²) in [4.78, 5) is 24.6. The van der Waals surface area contributed by atoms with Gasteiger partial charge in [0.15, 0.2) is 11.5 Å². The van der Waals surface area contributed by atoms with Gasteiger partial charge in [0.2, 0.25) is 0 Å². The molecule has 0 radical (unpaired) electrons. The zero-order valence-corrected chi connectivity index (χ0v) is 10.4. The van der Waals surface area contributed by atoms with Crippen molar-refractivity contribution in [3.05, 3.63) is 29.8 Å². The zero-order valence-electron chi connectivity index (χ0n) is 10.4. The Bertz CT molecular complexity index is 548. The lowest BCUT2D eigenvalue weighted by Gasteiger charge is -2.16. The molecule has 1 aliphatic heterocycles. The number of anilines is 1. The van der Waals surface area contributed by atoms with Crippen LogP contribution in [-0.4, -0.2) is 26.0 Å². The molecule has 5 heteroatoms. The molecule has 1 aromatic rings. The summed E-state index contributed by atoms with van der Waals surface area (Å²) in [7, 11) is 3.02. The molecule has 0 unspecified atom stereocenters. The number of amides is 2. The Morgan fingerprint density at radius 3 is 2.22 bits per heavy atom. The first-order chi connectivity index (χ1) is 8.58. The monoisotopic (exact) mass is 247 g/mol. The zero-order chi connectivity index (χ0) is 13.3. The Hall–Kier alpha value is -2.30. The Morgan fingerprint density at radius 2 is 1.72 bits per heavy atom. The third-order valence-electron chi connectivity index (χ3n) is 2.73. The van der Waals surface area contributed by atoms with Crippen LogP contribution in [0.15, 0.2) is 29.8 Å². The van der Waals surface area contributed by atoms with E-state index in [-0.39, 0.29) is 11.8 Å². The Kier molecular flexibility index (Phi) is 3.06. The summed E-state index contributed by atoms with van der Waals surface area (Å²) in [6.07, 6.45) is 1.32. The quantitative estimate of drug-likeness (QED) is 0.760. The van der Waals surface area contributed by atoms with Crippen molar-refractivity contribution >= 4 is 17.5 Å². The van der Waals surface area contributed by atoms with Crippen molar-refractivity contribution in [2.45, 2.75) is 6.92 Å². The number of hydrogen-bond donors (Lipinski definition) is 0. The number of ether oxygens (including phenoxy) is 2. The number of carbonyl (C=O) groups is 2. The van der Waals surface area contributed by atoms with Crippen LogP contribution in [0, 0.1) is 0 Å². The van der Waals surface area contributed by atoms with Gasteiger partial charge in [-0.05, 0) is 19.1 Å². The van der Waals surface area contributed by atoms with Gasteiger partial charge in [0, 0.05) is 17.7 Å². The van der Waals surface area contributed by atoms with Crippen LogP contribution < -0.4 is 14.4 Å². The molecule has 94 valence electrons. The normalized spacial score (nSPS) is 14.8. The molecular weight excluding hydrogens is 234 g/mol. The molecule has 0 aromatic heterocycles. The first-order valence-electron chi connectivity index (χ1n) is 5.37. The lowest BCUT2D eigenvalue weighted by molar-refractivity contribution is -0.120. The lowest BCUT2D eigenvalue weighted by atomic mass is 10.2. The van der Waals surface area contributed by atoms with Gasteiger partial charge in [0.25, 0.3) is 11.8 Å². The van der Waals surface area contributed by atoms with E-state index in [0.717, 1.165) is 4.90 Å². The van der Waals surface area contributed by atoms with Gasteiger partial charge in [-0.1, -0.05) is 0 Å². The summed E-state index contributed by atoms with van der Waals surface area (Å²) >= 11 is 0. The molecule has 0 saturated heterocycles. The van der Waals surface area contributed by atoms with Gasteiger partial charge >= 0.3 is 0 Å². The maximum absolute atomic E-state index is 11.8. The molecule has 0 saturated carbocycles. The molecule has 1 aliphatic rings. The van der Waals surface area contributed by atoms with E-state index in [2.05, 4.69) is 0 Å². The summed E-state index contributed by atoms with van der Waals surface area (Å²) in [6.45, 7) is 1.61. The van der Waals surface area contributed by atoms with E-state index >= 15 is 0 Å². The molecule has 0 N–H and O–H groups in total. The van der Waals surface area contributed by atoms with Crippen molar-refractivity contribution in [1.82, 2.24) is 0 Å². The molecule has 5 nitrogen and oxygen atoms in total. The van der Waals surface area contributed by atoms with Crippen molar-refractivity contribution in [1.29, 1.82) is 0 Å². The van der Waals surface area contributed by atoms with E-state index in [1.54, 1.807) is 25.1 Å². The number of hydrogen-bond acceptors (Lipinski definition) is 4. The van der Waals surface area contributed by atoms with Crippen LogP contribution in [0.1, 0.15) is 6.92 Å². The largest absolute Gasteiger partial charge is 0.493 e. The van der Waals surface area contributed by atoms with Crippen LogP contribution in [0.2, 0.25) is 0 Å². The van der Waals surface area contributed by atoms with Crippen molar-refractivity contribution in [2.75, 3.05) is 19.1 Å². The number of imide groups is 1. The molecule has 0 bridgehead atoms. The summed E-state index contributed by atoms with van der Waals surface area (Å²) in [5.74, 6) is 0.363. The van der Waals surface area contributed by atoms with Crippen molar-refractivity contribution in [2.24, 2.45) is 0 Å². The van der Waals surface area contributed by atoms with Gasteiger partial charge < -0.3 is 9.47 Å². The molecule has 18 heavy (non-hydrogen) atoms. The average Bonchev–Trinajstić information content (AvgIpc) is 2.62. The molecule has 0 spiro atoms. The van der Waals surface area contributed by atoms with Crippen molar-refractivity contribution in [3.63, 3.8) is 0 Å². The van der Waals surface area contributed by atoms with Gasteiger partial charge in [-0.15, -0.1) is 0 Å². The molecule has 1 aromatic carbocycles. The fourth-order valence-corrected chi connectivity index (χ4v) is 1.80. The number of carbonyl (C=O) groups excluding carboxylic acids is 2. The van der Waals surface area contributed by atoms with Gasteiger partial charge in [0.05, 0.1) is 19.9 Å². The minimum Gasteiger partial charge on any atom is -0.493 e. The molecule has 2 amide bonds. The minimum atomic E-state index is -0.343. The minimum absolute atomic E-state index is 0.313. The summed E-state index contributed by atoms with van der Waals surface area (Å²) in [5, 5.41) is 0. The van der Waals surface area contributed by atoms with Crippen LogP contribution in [0.25, 0.3) is 0 Å². The van der Waals surface area contributed by atoms with E-state index < -0.39 is 0 Å². The second-order valence-corrected chi connectivity index (χ2v) is 3.85. The van der Waals surface area contributed by atoms with Crippen LogP contribution in [0.4, 0.5) is 5.69 Å². The second-order valence-electron chi connectivity index (χ2n) is 3.85. The fraction of sp³-hybridized carbons (Fsp3) is 0.231. The van der Waals surface area contributed by atoms with E-state index in [9.17, 15) is 9.59 Å². The van der Waals surface area contributed by atoms with Gasteiger partial charge in [-0.2, -0.15) is 0 Å². The fourth-order valence-electron chi connectivity index (χ4n) is 1.80. The smallest absolute Gasteiger partial charge is 0.261 e. The summed E-state index contributed by atoms with van der Waals surface area (Å²) < 4.78 is 10.2. The highest BCUT2D eigenvalue weighted by Gasteiger charge is 2.30. The highest BCUT2D eigenvalue weighted by Crippen LogP contribution is 2.33. The Balaban J connectivity index is 2.41. The standard InChI is InChI=1S/C13H13NO4/c1-8-6-12(15)14(13(8)16)9-4-5-10(17-2)11(7-9)18-3/h4-7H,1-3H3. The van der Waals surface area contributed by atoms with Crippen LogP contribution in [0.3, 0.4) is 0 Å². The van der Waals surface area contributed by atoms with Gasteiger partial charge in [-0.25, -0.2) is 4.90 Å². The molecular formula is C13H13NO4. The summed E-state index contributed by atoms with van der Waals surface area (Å²) in [5.41, 5.74) is 0.894. The maximum atomic E-state index is 11.8. The molecule has 0 aliphatic carbocycles. The number of methoxy groups -OCH3 is 2. The first-order valence-corrected chi connectivity index (χ1v) is 5.37. The predicted octanol–water partition coefficient (Wildman–Crippen LogP) is 1.52. The van der Waals surface area contributed by atoms with E-state index in [4.69, 9.17) is 9.47 Å². The van der Waals surface area contributed by atoms with E-state index in [0.29, 0.717) is 22.8 Å². The first kappa shape index (κ1) is 12.2. The SMILES string of the molecule is COc1ccc(N2C(=O)C=C(C)C2=O)cc1OC. The summed E-state index contributed by atoms with van der Waals surface area (Å²) in [6, 6.07) is 4.90. The lowest BCUT2D eigenvalue weighted by Crippen LogP contribution is -2.30. The molecule has 2 rings (SSSR count). The van der Waals surface area contributed by atoms with Crippen molar-refractivity contribution < 1.29 is 19.1 Å². The van der Waals surface area contributed by atoms with E-state index in [1.807, 2.05) is 0 Å². The second kappa shape index (κ2) is 4.52. The van der Waals surface area contributed by atoms with Crippen LogP contribution >= 0.6 is 0 Å². The predicted molar refractivity (Wildman–Crippen MR) is 65.8 cm³/mol. The highest BCUT2D eigenvalue weighted by atomic mass is 16.5. The maximum Gasteiger partial charge on any atom is 0.261 e. The third kappa shape index (κ3) is 1.84. The van der Waals surface area contributed by atoms with Gasteiger partial charge in [0.1, 0.15) is 0 Å². The number of benzene rings is 1. The third-order valence-corrected chi connectivity index (χ3v) is 2.73. The van der Waals surface area contributed by atoms with Crippen LogP contribution in [-0.2, 0) is 9.59 Å². The highest BCUT2D eigenvalue weighted by molar-refractivity contribution is 6.30. The number of nitrogens with zero attached hydrogens (tertiary/aromatic N) is 1. The Morgan fingerprint density at radius 1 is 1.06 bits per heavy atom. The van der Waals surface area contributed by atoms with Gasteiger partial charge in [-0.3, -0.25) is 9.59 Å². The average molecular weight is 247 g/mol. The Labute approximate surface area is 105 Å². The molecule has 0 atom stereocenters. The van der Waals surface area contributed by atoms with E-state index in [1.165, 1.54) is 20.3 Å². The van der Waals surface area contributed by atoms with Crippen molar-refractivity contribution in [3.8, 4) is 11.5 Å². The van der Waals surface area contributed by atoms with Crippen LogP contribution in [0.5, 0.6) is 11.5 Å². The molecule has 0 fully saturated rings. The number of rotatable bonds is 3. The topological polar surface area (TPSA) is 55.8 Å². The molecule has 1 heterocycles.